The summed E-state index contributed by atoms with van der Waals surface area (Å²) in [7, 11) is 0. The number of carbonyl (C=O) groups excluding carboxylic acids is 2. The number of nitrogens with zero attached hydrogens (tertiary/aromatic N) is 1. The molecule has 1 fully saturated rings. The van der Waals surface area contributed by atoms with E-state index in [9.17, 15) is 18.8 Å². The van der Waals surface area contributed by atoms with Gasteiger partial charge in [-0.1, -0.05) is 12.1 Å². The zero-order chi connectivity index (χ0) is 21.1. The van der Waals surface area contributed by atoms with Crippen LogP contribution in [0.1, 0.15) is 11.1 Å². The number of ether oxygens (including phenoxy) is 1. The smallest absolute Gasteiger partial charge is 0.341 e. The average Bonchev–Trinajstić information content (AvgIpc) is 2.90. The van der Waals surface area contributed by atoms with Crippen molar-refractivity contribution in [2.75, 3.05) is 6.61 Å². The number of carboxylic acid groups (broad SMARTS) is 1. The lowest BCUT2D eigenvalue weighted by Crippen LogP contribution is -2.27. The highest BCUT2D eigenvalue weighted by molar-refractivity contribution is 9.11. The number of halogens is 3. The molecule has 2 aromatic carbocycles. The van der Waals surface area contributed by atoms with Crippen molar-refractivity contribution < 1.29 is 28.6 Å². The highest BCUT2D eigenvalue weighted by atomic mass is 79.9. The molecule has 0 aromatic heterocycles. The second kappa shape index (κ2) is 9.10. The lowest BCUT2D eigenvalue weighted by molar-refractivity contribution is -0.139. The Hall–Kier alpha value is -2.17. The molecular formula is C19H12Br2FNO5S. The van der Waals surface area contributed by atoms with Gasteiger partial charge in [-0.2, -0.15) is 0 Å². The Bertz CT molecular complexity index is 1000. The summed E-state index contributed by atoms with van der Waals surface area (Å²) in [5.41, 5.74) is 1.25. The summed E-state index contributed by atoms with van der Waals surface area (Å²) in [5, 5.41) is 8.33. The molecule has 29 heavy (non-hydrogen) atoms. The summed E-state index contributed by atoms with van der Waals surface area (Å²) < 4.78 is 19.2. The Balaban J connectivity index is 1.80. The molecule has 0 bridgehead atoms. The van der Waals surface area contributed by atoms with Gasteiger partial charge in [-0.05, 0) is 85.1 Å². The van der Waals surface area contributed by atoms with E-state index >= 15 is 0 Å². The molecule has 1 heterocycles. The number of rotatable bonds is 6. The first-order valence-electron chi connectivity index (χ1n) is 8.08. The maximum absolute atomic E-state index is 13.0. The van der Waals surface area contributed by atoms with Crippen LogP contribution in [0.4, 0.5) is 9.18 Å². The highest BCUT2D eigenvalue weighted by Gasteiger charge is 2.35. The first-order valence-corrected chi connectivity index (χ1v) is 10.5. The number of thioether (sulfide) groups is 1. The van der Waals surface area contributed by atoms with Crippen LogP contribution in [-0.2, 0) is 16.1 Å². The van der Waals surface area contributed by atoms with Crippen LogP contribution in [0.25, 0.3) is 6.08 Å². The van der Waals surface area contributed by atoms with Crippen LogP contribution in [0.15, 0.2) is 50.2 Å². The fourth-order valence-electron chi connectivity index (χ4n) is 2.49. The molecule has 2 aromatic rings. The lowest BCUT2D eigenvalue weighted by atomic mass is 10.2. The Kier molecular flexibility index (Phi) is 6.76. The van der Waals surface area contributed by atoms with Gasteiger partial charge in [-0.25, -0.2) is 9.18 Å². The molecule has 6 nitrogen and oxygen atoms in total. The minimum Gasteiger partial charge on any atom is -0.480 e. The molecule has 1 aliphatic rings. The van der Waals surface area contributed by atoms with E-state index in [0.29, 0.717) is 25.8 Å². The fraction of sp³-hybridized carbons (Fsp3) is 0.105. The molecular weight excluding hydrogens is 533 g/mol. The molecule has 150 valence electrons. The van der Waals surface area contributed by atoms with Crippen molar-refractivity contribution in [2.45, 2.75) is 6.54 Å². The van der Waals surface area contributed by atoms with Gasteiger partial charge in [0.25, 0.3) is 11.1 Å². The van der Waals surface area contributed by atoms with Crippen molar-refractivity contribution in [3.63, 3.8) is 0 Å². The number of carbonyl (C=O) groups is 3. The summed E-state index contributed by atoms with van der Waals surface area (Å²) >= 11 is 7.43. The third kappa shape index (κ3) is 5.26. The molecule has 0 unspecified atom stereocenters. The van der Waals surface area contributed by atoms with Crippen LogP contribution in [-0.4, -0.2) is 33.7 Å². The van der Waals surface area contributed by atoms with Crippen molar-refractivity contribution >= 4 is 66.8 Å². The minimum atomic E-state index is -1.11. The van der Waals surface area contributed by atoms with Gasteiger partial charge < -0.3 is 9.84 Å². The van der Waals surface area contributed by atoms with E-state index in [2.05, 4.69) is 31.9 Å². The molecule has 10 heteroatoms. The largest absolute Gasteiger partial charge is 0.480 e. The Labute approximate surface area is 186 Å². The molecule has 1 N–H and O–H groups in total. The minimum absolute atomic E-state index is 0.0532. The Morgan fingerprint density at radius 1 is 1.17 bits per heavy atom. The quantitative estimate of drug-likeness (QED) is 0.512. The molecule has 0 aliphatic carbocycles. The van der Waals surface area contributed by atoms with E-state index < -0.39 is 29.5 Å². The Morgan fingerprint density at radius 2 is 1.79 bits per heavy atom. The molecule has 0 spiro atoms. The van der Waals surface area contributed by atoms with Gasteiger partial charge in [-0.15, -0.1) is 0 Å². The number of benzene rings is 2. The van der Waals surface area contributed by atoms with Crippen LogP contribution in [0.2, 0.25) is 0 Å². The van der Waals surface area contributed by atoms with E-state index in [1.807, 2.05) is 0 Å². The van der Waals surface area contributed by atoms with Gasteiger partial charge in [0.05, 0.1) is 20.4 Å². The van der Waals surface area contributed by atoms with Crippen molar-refractivity contribution in [3.8, 4) is 5.75 Å². The summed E-state index contributed by atoms with van der Waals surface area (Å²) in [6.07, 6.45) is 1.56. The number of aliphatic carboxylic acids is 1. The zero-order valence-electron chi connectivity index (χ0n) is 14.5. The summed E-state index contributed by atoms with van der Waals surface area (Å²) in [6.45, 7) is -0.448. The maximum Gasteiger partial charge on any atom is 0.341 e. The first-order chi connectivity index (χ1) is 13.7. The molecule has 0 radical (unpaired) electrons. The van der Waals surface area contributed by atoms with E-state index in [0.717, 1.165) is 16.7 Å². The third-order valence-corrected chi connectivity index (χ3v) is 5.87. The highest BCUT2D eigenvalue weighted by Crippen LogP contribution is 2.38. The van der Waals surface area contributed by atoms with Crippen molar-refractivity contribution in [1.29, 1.82) is 0 Å². The second-order valence-electron chi connectivity index (χ2n) is 5.89. The topological polar surface area (TPSA) is 83.9 Å². The molecule has 1 aliphatic heterocycles. The average molecular weight is 545 g/mol. The van der Waals surface area contributed by atoms with Gasteiger partial charge in [0, 0.05) is 0 Å². The van der Waals surface area contributed by atoms with Crippen LogP contribution in [0, 0.1) is 5.82 Å². The number of hydrogen-bond donors (Lipinski definition) is 1. The van der Waals surface area contributed by atoms with Gasteiger partial charge >= 0.3 is 5.97 Å². The SMILES string of the molecule is O=C(O)COc1c(Br)cc(/C=C2\SC(=O)N(Cc3ccc(F)cc3)C2=O)cc1Br. The molecule has 0 atom stereocenters. The van der Waals surface area contributed by atoms with Crippen LogP contribution < -0.4 is 4.74 Å². The maximum atomic E-state index is 13.0. The number of imide groups is 1. The van der Waals surface area contributed by atoms with E-state index in [4.69, 9.17) is 9.84 Å². The van der Waals surface area contributed by atoms with Crippen molar-refractivity contribution in [3.05, 3.63) is 67.2 Å². The standard InChI is InChI=1S/C19H12Br2FNO5S/c20-13-5-11(6-14(21)17(13)28-9-16(24)25)7-15-18(26)23(19(27)29-15)8-10-1-3-12(22)4-2-10/h1-7H,8-9H2,(H,24,25)/b15-7-. The van der Waals surface area contributed by atoms with Crippen LogP contribution in [0.5, 0.6) is 5.75 Å². The summed E-state index contributed by atoms with van der Waals surface area (Å²) in [6, 6.07) is 8.88. The molecule has 2 amide bonds. The van der Waals surface area contributed by atoms with Crippen LogP contribution in [0.3, 0.4) is 0 Å². The van der Waals surface area contributed by atoms with E-state index in [-0.39, 0.29) is 11.4 Å². The van der Waals surface area contributed by atoms with Gasteiger partial charge in [-0.3, -0.25) is 14.5 Å². The van der Waals surface area contributed by atoms with Crippen molar-refractivity contribution in [2.24, 2.45) is 0 Å². The predicted octanol–water partition coefficient (Wildman–Crippen LogP) is 5.05. The van der Waals surface area contributed by atoms with Gasteiger partial charge in [0.2, 0.25) is 0 Å². The zero-order valence-corrected chi connectivity index (χ0v) is 18.5. The molecule has 0 saturated carbocycles. The third-order valence-electron chi connectivity index (χ3n) is 3.79. The molecule has 3 rings (SSSR count). The predicted molar refractivity (Wildman–Crippen MR) is 113 cm³/mol. The monoisotopic (exact) mass is 543 g/mol. The fourth-order valence-corrected chi connectivity index (χ4v) is 4.78. The Morgan fingerprint density at radius 3 is 2.38 bits per heavy atom. The van der Waals surface area contributed by atoms with Gasteiger partial charge in [0.1, 0.15) is 11.6 Å². The summed E-state index contributed by atoms with van der Waals surface area (Å²) in [5.74, 6) is -1.63. The second-order valence-corrected chi connectivity index (χ2v) is 8.59. The first kappa shape index (κ1) is 21.5. The number of hydrogen-bond acceptors (Lipinski definition) is 5. The van der Waals surface area contributed by atoms with E-state index in [1.165, 1.54) is 24.3 Å². The summed E-state index contributed by atoms with van der Waals surface area (Å²) in [4.78, 5) is 36.9. The normalized spacial score (nSPS) is 15.3. The molecule has 1 saturated heterocycles. The van der Waals surface area contributed by atoms with Gasteiger partial charge in [0.15, 0.2) is 6.61 Å². The van der Waals surface area contributed by atoms with Crippen molar-refractivity contribution in [1.82, 2.24) is 4.90 Å². The van der Waals surface area contributed by atoms with E-state index in [1.54, 1.807) is 18.2 Å². The number of amides is 2. The number of carboxylic acids is 1. The lowest BCUT2D eigenvalue weighted by Gasteiger charge is -2.12. The van der Waals surface area contributed by atoms with Crippen LogP contribution >= 0.6 is 43.6 Å².